The third-order valence-electron chi connectivity index (χ3n) is 5.18. The van der Waals surface area contributed by atoms with Crippen molar-refractivity contribution in [3.8, 4) is 11.9 Å². The van der Waals surface area contributed by atoms with Gasteiger partial charge in [0.25, 0.3) is 0 Å². The van der Waals surface area contributed by atoms with Gasteiger partial charge in [0.2, 0.25) is 5.88 Å². The first kappa shape index (κ1) is 20.5. The van der Waals surface area contributed by atoms with Gasteiger partial charge in [-0.1, -0.05) is 56.1 Å². The Bertz CT molecular complexity index is 1200. The lowest BCUT2D eigenvalue weighted by atomic mass is 9.81. The molecule has 1 aliphatic rings. The highest BCUT2D eigenvalue weighted by atomic mass is 79.9. The van der Waals surface area contributed by atoms with Gasteiger partial charge in [-0.3, -0.25) is 0 Å². The fourth-order valence-corrected chi connectivity index (χ4v) is 4.22. The average molecular weight is 526 g/mol. The Labute approximate surface area is 191 Å². The molecule has 0 amide bonds. The quantitative estimate of drug-likeness (QED) is 0.448. The molecular formula is C23H18Br2N4O. The van der Waals surface area contributed by atoms with Crippen LogP contribution in [0.5, 0.6) is 5.88 Å². The number of hydrogen-bond donors (Lipinski definition) is 2. The number of hydrogen-bond acceptors (Lipinski definition) is 5. The van der Waals surface area contributed by atoms with Crippen LogP contribution in [0.3, 0.4) is 0 Å². The van der Waals surface area contributed by atoms with Crippen LogP contribution in [0.1, 0.15) is 29.2 Å². The van der Waals surface area contributed by atoms with Crippen LogP contribution >= 0.6 is 31.9 Å². The highest BCUT2D eigenvalue weighted by Crippen LogP contribution is 2.47. The zero-order chi connectivity index (χ0) is 21.5. The number of halogens is 2. The van der Waals surface area contributed by atoms with Crippen LogP contribution in [-0.2, 0) is 5.54 Å². The van der Waals surface area contributed by atoms with Gasteiger partial charge >= 0.3 is 0 Å². The van der Waals surface area contributed by atoms with E-state index in [-0.39, 0.29) is 5.88 Å². The first-order valence-corrected chi connectivity index (χ1v) is 10.8. The molecule has 4 rings (SSSR count). The number of aromatic nitrogens is 1. The summed E-state index contributed by atoms with van der Waals surface area (Å²) in [6.07, 6.45) is 2.13. The van der Waals surface area contributed by atoms with Gasteiger partial charge in [-0.05, 0) is 54.0 Å². The fraction of sp³-hybridized carbons (Fsp3) is 0.130. The summed E-state index contributed by atoms with van der Waals surface area (Å²) < 4.78 is 7.32. The molecule has 0 aliphatic carbocycles. The summed E-state index contributed by atoms with van der Waals surface area (Å²) in [6.45, 7) is 2.07. The molecule has 30 heavy (non-hydrogen) atoms. The third-order valence-corrected chi connectivity index (χ3v) is 6.24. The molecule has 1 atom stereocenters. The van der Waals surface area contributed by atoms with Gasteiger partial charge in [0.1, 0.15) is 17.5 Å². The second-order valence-corrected chi connectivity index (χ2v) is 8.97. The number of benzene rings is 2. The maximum Gasteiger partial charge on any atom is 0.235 e. The molecule has 0 bridgehead atoms. The number of nitrogens with two attached hydrogens (primary N) is 1. The lowest BCUT2D eigenvalue weighted by Crippen LogP contribution is -2.34. The standard InChI is InChI=1S/C23H18Br2N4O/c1-23(14-5-9-16(25)10-6-14)11-17(13-3-7-15(24)8-4-13)19-20(29-23)18(12-26)22(30-2)28-21(19)27/h3-11,29H,1-2H3,(H2,27,28). The van der Waals surface area contributed by atoms with Crippen molar-refractivity contribution in [1.29, 1.82) is 5.26 Å². The number of fused-ring (bicyclic) bond motifs is 1. The number of methoxy groups -OCH3 is 1. The van der Waals surface area contributed by atoms with E-state index in [1.807, 2.05) is 48.5 Å². The topological polar surface area (TPSA) is 84.0 Å². The zero-order valence-corrected chi connectivity index (χ0v) is 19.5. The molecule has 0 fully saturated rings. The monoisotopic (exact) mass is 524 g/mol. The van der Waals surface area contributed by atoms with E-state index in [1.54, 1.807) is 0 Å². The molecule has 2 heterocycles. The second kappa shape index (κ2) is 7.78. The van der Waals surface area contributed by atoms with Crippen molar-refractivity contribution >= 4 is 48.9 Å². The van der Waals surface area contributed by atoms with E-state index in [1.165, 1.54) is 7.11 Å². The highest BCUT2D eigenvalue weighted by molar-refractivity contribution is 9.10. The number of anilines is 2. The molecule has 150 valence electrons. The van der Waals surface area contributed by atoms with Crippen molar-refractivity contribution < 1.29 is 4.74 Å². The van der Waals surface area contributed by atoms with E-state index in [4.69, 9.17) is 10.5 Å². The van der Waals surface area contributed by atoms with Crippen LogP contribution in [0, 0.1) is 11.3 Å². The fourth-order valence-electron chi connectivity index (χ4n) is 3.70. The molecule has 0 radical (unpaired) electrons. The predicted molar refractivity (Wildman–Crippen MR) is 126 cm³/mol. The SMILES string of the molecule is COc1nc(N)c2c(c1C#N)NC(C)(c1ccc(Br)cc1)C=C2c1ccc(Br)cc1. The van der Waals surface area contributed by atoms with Gasteiger partial charge in [-0.2, -0.15) is 10.2 Å². The van der Waals surface area contributed by atoms with Gasteiger partial charge in [-0.15, -0.1) is 0 Å². The smallest absolute Gasteiger partial charge is 0.235 e. The van der Waals surface area contributed by atoms with E-state index < -0.39 is 5.54 Å². The van der Waals surface area contributed by atoms with Crippen LogP contribution in [0.25, 0.3) is 5.57 Å². The summed E-state index contributed by atoms with van der Waals surface area (Å²) in [4.78, 5) is 4.34. The molecule has 3 aromatic rings. The number of pyridine rings is 1. The highest BCUT2D eigenvalue weighted by Gasteiger charge is 2.35. The first-order chi connectivity index (χ1) is 14.4. The molecular weight excluding hydrogens is 508 g/mol. The lowest BCUT2D eigenvalue weighted by Gasteiger charge is -2.37. The van der Waals surface area contributed by atoms with Gasteiger partial charge in [0, 0.05) is 14.5 Å². The normalized spacial score (nSPS) is 17.4. The van der Waals surface area contributed by atoms with Gasteiger partial charge < -0.3 is 15.8 Å². The van der Waals surface area contributed by atoms with E-state index >= 15 is 0 Å². The summed E-state index contributed by atoms with van der Waals surface area (Å²) in [6, 6.07) is 18.3. The average Bonchev–Trinajstić information content (AvgIpc) is 2.73. The van der Waals surface area contributed by atoms with Crippen LogP contribution < -0.4 is 15.8 Å². The molecule has 1 unspecified atom stereocenters. The predicted octanol–water partition coefficient (Wildman–Crippen LogP) is 5.84. The van der Waals surface area contributed by atoms with Crippen LogP contribution in [0.4, 0.5) is 11.5 Å². The maximum absolute atomic E-state index is 9.88. The Hall–Kier alpha value is -2.82. The molecule has 0 spiro atoms. The number of nitriles is 1. The van der Waals surface area contributed by atoms with E-state index in [0.717, 1.165) is 25.6 Å². The summed E-state index contributed by atoms with van der Waals surface area (Å²) in [5.74, 6) is 0.511. The second-order valence-electron chi connectivity index (χ2n) is 7.14. The van der Waals surface area contributed by atoms with Gasteiger partial charge in [-0.25, -0.2) is 0 Å². The zero-order valence-electron chi connectivity index (χ0n) is 16.3. The van der Waals surface area contributed by atoms with Crippen molar-refractivity contribution in [2.45, 2.75) is 12.5 Å². The molecule has 1 aromatic heterocycles. The van der Waals surface area contributed by atoms with Gasteiger partial charge in [0.15, 0.2) is 0 Å². The van der Waals surface area contributed by atoms with Crippen molar-refractivity contribution in [3.05, 3.63) is 85.8 Å². The molecule has 0 saturated carbocycles. The molecule has 5 nitrogen and oxygen atoms in total. The molecule has 3 N–H and O–H groups in total. The van der Waals surface area contributed by atoms with E-state index in [2.05, 4.69) is 61.2 Å². The van der Waals surface area contributed by atoms with Gasteiger partial charge in [0.05, 0.1) is 18.3 Å². The Balaban J connectivity index is 2.03. The van der Waals surface area contributed by atoms with Crippen LogP contribution in [0.2, 0.25) is 0 Å². The summed E-state index contributed by atoms with van der Waals surface area (Å²) in [7, 11) is 1.48. The minimum absolute atomic E-state index is 0.205. The summed E-state index contributed by atoms with van der Waals surface area (Å²) >= 11 is 6.99. The molecule has 7 heteroatoms. The maximum atomic E-state index is 9.88. The van der Waals surface area contributed by atoms with Crippen LogP contribution in [0.15, 0.2) is 63.6 Å². The number of rotatable bonds is 3. The van der Waals surface area contributed by atoms with Crippen molar-refractivity contribution in [2.75, 3.05) is 18.2 Å². The van der Waals surface area contributed by atoms with E-state index in [0.29, 0.717) is 22.6 Å². The van der Waals surface area contributed by atoms with Crippen molar-refractivity contribution in [2.24, 2.45) is 0 Å². The van der Waals surface area contributed by atoms with E-state index in [9.17, 15) is 5.26 Å². The van der Waals surface area contributed by atoms with Crippen LogP contribution in [-0.4, -0.2) is 12.1 Å². The summed E-state index contributed by atoms with van der Waals surface area (Å²) in [5.41, 5.74) is 10.3. The Morgan fingerprint density at radius 2 is 1.67 bits per heavy atom. The first-order valence-electron chi connectivity index (χ1n) is 9.17. The minimum Gasteiger partial charge on any atom is -0.480 e. The summed E-state index contributed by atoms with van der Waals surface area (Å²) in [5, 5.41) is 13.4. The Morgan fingerprint density at radius 3 is 2.23 bits per heavy atom. The van der Waals surface area contributed by atoms with Crippen molar-refractivity contribution in [3.63, 3.8) is 0 Å². The number of nitrogens with zero attached hydrogens (tertiary/aromatic N) is 2. The Morgan fingerprint density at radius 1 is 1.07 bits per heavy atom. The number of ether oxygens (including phenoxy) is 1. The Kier molecular flexibility index (Phi) is 5.31. The third kappa shape index (κ3) is 3.47. The molecule has 0 saturated heterocycles. The number of nitrogen functional groups attached to an aromatic ring is 1. The molecule has 2 aromatic carbocycles. The molecule has 1 aliphatic heterocycles. The lowest BCUT2D eigenvalue weighted by molar-refractivity contribution is 0.397. The number of nitrogens with one attached hydrogen (secondary N) is 1. The largest absolute Gasteiger partial charge is 0.480 e. The minimum atomic E-state index is -0.583. The van der Waals surface area contributed by atoms with Crippen molar-refractivity contribution in [1.82, 2.24) is 4.98 Å².